The lowest BCUT2D eigenvalue weighted by Gasteiger charge is -2.39. The molecule has 8 N–H and O–H groups in total. The zero-order valence-corrected chi connectivity index (χ0v) is 30.2. The SMILES string of the molecule is CC(C)(C)OC(=O)NC1(C(N)=O)CCC(Nc2cc(F)c[nH]c2=O)CC1.CC(C)(C)OC(=O)NC1(OC=O)CCC(Nc2cc(F)c[nH]c2=O)CC1. The predicted molar refractivity (Wildman–Crippen MR) is 186 cm³/mol. The van der Waals surface area contributed by atoms with E-state index in [0.29, 0.717) is 45.0 Å². The number of nitrogens with one attached hydrogen (secondary N) is 6. The van der Waals surface area contributed by atoms with E-state index in [0.717, 1.165) is 24.5 Å². The van der Waals surface area contributed by atoms with Crippen molar-refractivity contribution in [3.8, 4) is 0 Å². The maximum absolute atomic E-state index is 13.3. The number of halogens is 2. The van der Waals surface area contributed by atoms with Gasteiger partial charge in [-0.25, -0.2) is 18.4 Å². The quantitative estimate of drug-likeness (QED) is 0.111. The lowest BCUT2D eigenvalue weighted by Crippen LogP contribution is -2.60. The molecule has 18 heteroatoms. The third-order valence-corrected chi connectivity index (χ3v) is 8.30. The molecule has 2 heterocycles. The van der Waals surface area contributed by atoms with Gasteiger partial charge in [0, 0.05) is 49.5 Å². The largest absolute Gasteiger partial charge is 0.444 e. The molecule has 0 saturated heterocycles. The van der Waals surface area contributed by atoms with Gasteiger partial charge in [-0.2, -0.15) is 0 Å². The van der Waals surface area contributed by atoms with Gasteiger partial charge in [-0.3, -0.25) is 24.5 Å². The van der Waals surface area contributed by atoms with Gasteiger partial charge in [0.15, 0.2) is 5.72 Å². The maximum Gasteiger partial charge on any atom is 0.410 e. The van der Waals surface area contributed by atoms with Gasteiger partial charge in [-0.1, -0.05) is 0 Å². The summed E-state index contributed by atoms with van der Waals surface area (Å²) >= 11 is 0. The van der Waals surface area contributed by atoms with E-state index in [4.69, 9.17) is 19.9 Å². The van der Waals surface area contributed by atoms with E-state index in [1.165, 1.54) is 0 Å². The van der Waals surface area contributed by atoms with Crippen LogP contribution >= 0.6 is 0 Å². The van der Waals surface area contributed by atoms with Crippen LogP contribution in [-0.2, 0) is 23.8 Å². The van der Waals surface area contributed by atoms with Crippen LogP contribution in [-0.4, -0.2) is 69.1 Å². The number of hydrogen-bond acceptors (Lipinski definition) is 11. The second-order valence-electron chi connectivity index (χ2n) is 14.9. The molecule has 2 fully saturated rings. The molecule has 4 rings (SSSR count). The first-order valence-electron chi connectivity index (χ1n) is 16.9. The smallest absolute Gasteiger partial charge is 0.410 e. The summed E-state index contributed by atoms with van der Waals surface area (Å²) in [6.45, 7) is 10.7. The highest BCUT2D eigenvalue weighted by atomic mass is 19.1. The summed E-state index contributed by atoms with van der Waals surface area (Å²) in [6, 6.07) is 1.97. The number of aromatic nitrogens is 2. The second kappa shape index (κ2) is 16.9. The van der Waals surface area contributed by atoms with E-state index in [2.05, 4.69) is 31.2 Å². The molecule has 16 nitrogen and oxygen atoms in total. The highest BCUT2D eigenvalue weighted by molar-refractivity contribution is 5.89. The minimum atomic E-state index is -1.20. The molecule has 0 bridgehead atoms. The lowest BCUT2D eigenvalue weighted by atomic mass is 9.78. The molecule has 0 spiro atoms. The molecule has 2 aliphatic carbocycles. The molecular weight excluding hydrogens is 688 g/mol. The molecule has 0 unspecified atom stereocenters. The highest BCUT2D eigenvalue weighted by Gasteiger charge is 2.43. The van der Waals surface area contributed by atoms with Gasteiger partial charge in [0.2, 0.25) is 5.91 Å². The number of ether oxygens (including phenoxy) is 3. The van der Waals surface area contributed by atoms with Crippen LogP contribution in [0, 0.1) is 11.6 Å². The number of anilines is 2. The van der Waals surface area contributed by atoms with Gasteiger partial charge < -0.3 is 45.9 Å². The molecule has 0 radical (unpaired) electrons. The molecule has 2 aromatic heterocycles. The van der Waals surface area contributed by atoms with E-state index in [1.54, 1.807) is 41.5 Å². The first-order valence-corrected chi connectivity index (χ1v) is 16.9. The number of aromatic amines is 2. The molecule has 0 atom stereocenters. The van der Waals surface area contributed by atoms with Crippen molar-refractivity contribution in [1.29, 1.82) is 0 Å². The monoisotopic (exact) mass is 737 g/mol. The molecule has 0 aromatic carbocycles. The molecule has 2 aliphatic rings. The number of hydrogen-bond donors (Lipinski definition) is 7. The Morgan fingerprint density at radius 3 is 1.56 bits per heavy atom. The summed E-state index contributed by atoms with van der Waals surface area (Å²) in [5, 5.41) is 11.2. The summed E-state index contributed by atoms with van der Waals surface area (Å²) in [5.74, 6) is -1.74. The van der Waals surface area contributed by atoms with E-state index in [9.17, 15) is 37.5 Å². The molecular formula is C34H49F2N7O9. The minimum Gasteiger partial charge on any atom is -0.444 e. The van der Waals surface area contributed by atoms with Crippen LogP contribution in [0.5, 0.6) is 0 Å². The zero-order chi connectivity index (χ0) is 38.9. The van der Waals surface area contributed by atoms with E-state index in [1.807, 2.05) is 0 Å². The number of rotatable bonds is 9. The van der Waals surface area contributed by atoms with Crippen molar-refractivity contribution in [2.24, 2.45) is 5.73 Å². The zero-order valence-electron chi connectivity index (χ0n) is 30.2. The summed E-state index contributed by atoms with van der Waals surface area (Å²) in [5.41, 5.74) is 1.22. The number of carbonyl (C=O) groups is 4. The Hall–Kier alpha value is -5.16. The Kier molecular flexibility index (Phi) is 13.4. The van der Waals surface area contributed by atoms with Gasteiger partial charge in [-0.15, -0.1) is 0 Å². The minimum absolute atomic E-state index is 0.123. The van der Waals surface area contributed by atoms with E-state index in [-0.39, 0.29) is 36.3 Å². The number of pyridine rings is 2. The number of primary amides is 1. The molecule has 52 heavy (non-hydrogen) atoms. The number of amides is 3. The van der Waals surface area contributed by atoms with Crippen LogP contribution in [0.1, 0.15) is 92.9 Å². The Balaban J connectivity index is 0.000000280. The number of nitrogens with two attached hydrogens (primary N) is 1. The van der Waals surface area contributed by atoms with Gasteiger partial charge >= 0.3 is 12.2 Å². The van der Waals surface area contributed by atoms with Crippen LogP contribution in [0.3, 0.4) is 0 Å². The van der Waals surface area contributed by atoms with Crippen molar-refractivity contribution in [2.45, 2.75) is 127 Å². The standard InChI is InChI=1S/C17H25FN4O4.C17H24FN3O5/c1-16(2,3)26-15(25)22-17(14(19)24)6-4-11(5-7-17)21-12-8-10(18)9-20-13(12)23;1-16(2,3)26-15(24)21-17(25-10-22)6-4-12(5-7-17)20-13-8-11(18)9-19-14(13)23/h8-9,11,21H,4-7H2,1-3H3,(H2,19,24)(H,20,23)(H,22,25);8-10,12,20H,4-7H2,1-3H3,(H,19,23)(H,21,24). The van der Waals surface area contributed by atoms with Crippen LogP contribution in [0.25, 0.3) is 0 Å². The molecule has 2 aromatic rings. The molecule has 288 valence electrons. The number of carbonyl (C=O) groups excluding carboxylic acids is 4. The normalized spacial score (nSPS) is 23.1. The first-order chi connectivity index (χ1) is 24.1. The second-order valence-corrected chi connectivity index (χ2v) is 14.9. The van der Waals surface area contributed by atoms with Crippen molar-refractivity contribution >= 4 is 35.9 Å². The summed E-state index contributed by atoms with van der Waals surface area (Å²) in [6.07, 6.45) is 3.75. The van der Waals surface area contributed by atoms with Crippen LogP contribution in [0.2, 0.25) is 0 Å². The van der Waals surface area contributed by atoms with Crippen molar-refractivity contribution in [2.75, 3.05) is 10.6 Å². The van der Waals surface area contributed by atoms with Gasteiger partial charge in [0.1, 0.15) is 39.8 Å². The van der Waals surface area contributed by atoms with Crippen LogP contribution in [0.4, 0.5) is 29.7 Å². The Morgan fingerprint density at radius 1 is 0.769 bits per heavy atom. The van der Waals surface area contributed by atoms with Crippen LogP contribution < -0.4 is 38.1 Å². The topological polar surface area (TPSA) is 236 Å². The summed E-state index contributed by atoms with van der Waals surface area (Å²) < 4.78 is 42.1. The van der Waals surface area contributed by atoms with Crippen molar-refractivity contribution in [3.05, 3.63) is 56.9 Å². The number of H-pyrrole nitrogens is 2. The Morgan fingerprint density at radius 2 is 1.17 bits per heavy atom. The Bertz CT molecular complexity index is 1690. The van der Waals surface area contributed by atoms with Crippen LogP contribution in [0.15, 0.2) is 34.1 Å². The van der Waals surface area contributed by atoms with Gasteiger partial charge in [0.05, 0.1) is 0 Å². The fourth-order valence-corrected chi connectivity index (χ4v) is 5.84. The van der Waals surface area contributed by atoms with Crippen molar-refractivity contribution in [1.82, 2.24) is 20.6 Å². The summed E-state index contributed by atoms with van der Waals surface area (Å²) in [4.78, 5) is 75.0. The number of alkyl carbamates (subject to hydrolysis) is 2. The maximum atomic E-state index is 13.3. The fourth-order valence-electron chi connectivity index (χ4n) is 5.84. The molecule has 2 saturated carbocycles. The van der Waals surface area contributed by atoms with E-state index >= 15 is 0 Å². The first kappa shape index (κ1) is 41.3. The predicted octanol–water partition coefficient (Wildman–Crippen LogP) is 3.88. The Labute approximate surface area is 299 Å². The lowest BCUT2D eigenvalue weighted by molar-refractivity contribution is -0.151. The fraction of sp³-hybridized carbons (Fsp3) is 0.588. The van der Waals surface area contributed by atoms with Crippen molar-refractivity contribution < 1.29 is 42.2 Å². The van der Waals surface area contributed by atoms with Gasteiger partial charge in [-0.05, 0) is 80.1 Å². The third kappa shape index (κ3) is 12.6. The van der Waals surface area contributed by atoms with Crippen molar-refractivity contribution in [3.63, 3.8) is 0 Å². The average Bonchev–Trinajstić information content (AvgIpc) is 3.01. The van der Waals surface area contributed by atoms with Gasteiger partial charge in [0.25, 0.3) is 17.6 Å². The highest BCUT2D eigenvalue weighted by Crippen LogP contribution is 2.32. The molecule has 3 amide bonds. The third-order valence-electron chi connectivity index (χ3n) is 8.30. The van der Waals surface area contributed by atoms with E-state index < -0.39 is 63.3 Å². The average molecular weight is 738 g/mol. The summed E-state index contributed by atoms with van der Waals surface area (Å²) in [7, 11) is 0. The molecule has 0 aliphatic heterocycles.